The van der Waals surface area contributed by atoms with Crippen LogP contribution >= 0.6 is 12.2 Å². The SMILES string of the molecule is CC(CN=C=S)c1ccccc1. The second-order valence-corrected chi connectivity index (χ2v) is 2.93. The molecule has 0 aliphatic carbocycles. The van der Waals surface area contributed by atoms with Gasteiger partial charge >= 0.3 is 0 Å². The predicted octanol–water partition coefficient (Wildman–Crippen LogP) is 2.89. The van der Waals surface area contributed by atoms with E-state index in [4.69, 9.17) is 0 Å². The molecule has 0 saturated carbocycles. The molecule has 0 fully saturated rings. The standard InChI is InChI=1S/C10H11NS/c1-9(7-11-8-12)10-5-3-2-4-6-10/h2-6,9H,7H2,1H3. The fraction of sp³-hybridized carbons (Fsp3) is 0.300. The van der Waals surface area contributed by atoms with Crippen molar-refractivity contribution in [3.63, 3.8) is 0 Å². The maximum atomic E-state index is 4.50. The van der Waals surface area contributed by atoms with E-state index in [2.05, 4.69) is 41.4 Å². The number of nitrogens with zero attached hydrogens (tertiary/aromatic N) is 1. The zero-order valence-electron chi connectivity index (χ0n) is 7.03. The maximum Gasteiger partial charge on any atom is 0.0585 e. The molecule has 0 radical (unpaired) electrons. The highest BCUT2D eigenvalue weighted by Gasteiger charge is 2.01. The van der Waals surface area contributed by atoms with E-state index in [0.717, 1.165) is 6.54 Å². The molecule has 2 heteroatoms. The van der Waals surface area contributed by atoms with Crippen LogP contribution in [0.2, 0.25) is 0 Å². The van der Waals surface area contributed by atoms with Crippen molar-refractivity contribution in [1.82, 2.24) is 0 Å². The molecule has 1 aromatic carbocycles. The highest BCUT2D eigenvalue weighted by Crippen LogP contribution is 2.13. The third-order valence-corrected chi connectivity index (χ3v) is 1.93. The van der Waals surface area contributed by atoms with Gasteiger partial charge in [0, 0.05) is 5.92 Å². The zero-order valence-corrected chi connectivity index (χ0v) is 7.84. The summed E-state index contributed by atoms with van der Waals surface area (Å²) in [7, 11) is 0. The minimum atomic E-state index is 0.432. The number of hydrogen-bond acceptors (Lipinski definition) is 2. The number of hydrogen-bond donors (Lipinski definition) is 0. The summed E-state index contributed by atoms with van der Waals surface area (Å²) in [5.74, 6) is 0.432. The molecule has 0 spiro atoms. The van der Waals surface area contributed by atoms with Crippen LogP contribution in [-0.2, 0) is 0 Å². The Bertz CT molecular complexity index is 275. The molecule has 0 aromatic heterocycles. The van der Waals surface area contributed by atoms with Crippen molar-refractivity contribution in [1.29, 1.82) is 0 Å². The van der Waals surface area contributed by atoms with Crippen LogP contribution in [0.25, 0.3) is 0 Å². The van der Waals surface area contributed by atoms with Gasteiger partial charge in [0.25, 0.3) is 0 Å². The minimum absolute atomic E-state index is 0.432. The molecule has 62 valence electrons. The molecule has 0 bridgehead atoms. The summed E-state index contributed by atoms with van der Waals surface area (Å²) in [6.45, 7) is 2.86. The normalized spacial score (nSPS) is 11.8. The number of isothiocyanates is 1. The summed E-state index contributed by atoms with van der Waals surface area (Å²) in [5.41, 5.74) is 1.30. The summed E-state index contributed by atoms with van der Waals surface area (Å²) in [6, 6.07) is 10.3. The van der Waals surface area contributed by atoms with Gasteiger partial charge in [-0.2, -0.15) is 0 Å². The first kappa shape index (κ1) is 9.11. The Morgan fingerprint density at radius 3 is 2.67 bits per heavy atom. The lowest BCUT2D eigenvalue weighted by atomic mass is 10.0. The van der Waals surface area contributed by atoms with Crippen LogP contribution in [0.3, 0.4) is 0 Å². The Morgan fingerprint density at radius 1 is 1.42 bits per heavy atom. The first-order valence-corrected chi connectivity index (χ1v) is 4.34. The summed E-state index contributed by atoms with van der Waals surface area (Å²) in [4.78, 5) is 3.91. The summed E-state index contributed by atoms with van der Waals surface area (Å²) < 4.78 is 0. The van der Waals surface area contributed by atoms with Gasteiger partial charge in [-0.05, 0) is 17.8 Å². The molecule has 0 aliphatic rings. The van der Waals surface area contributed by atoms with Gasteiger partial charge in [0.05, 0.1) is 11.7 Å². The van der Waals surface area contributed by atoms with Gasteiger partial charge in [-0.25, -0.2) is 4.99 Å². The van der Waals surface area contributed by atoms with Crippen LogP contribution in [0, 0.1) is 0 Å². The molecule has 1 aromatic rings. The number of benzene rings is 1. The third-order valence-electron chi connectivity index (χ3n) is 1.80. The molecular formula is C10H11NS. The topological polar surface area (TPSA) is 12.4 Å². The van der Waals surface area contributed by atoms with Gasteiger partial charge in [0.15, 0.2) is 0 Å². The van der Waals surface area contributed by atoms with Gasteiger partial charge in [-0.3, -0.25) is 0 Å². The minimum Gasteiger partial charge on any atom is -0.232 e. The third kappa shape index (κ3) is 2.57. The molecule has 0 heterocycles. The van der Waals surface area contributed by atoms with E-state index >= 15 is 0 Å². The molecule has 0 N–H and O–H groups in total. The first-order valence-electron chi connectivity index (χ1n) is 3.93. The molecule has 1 rings (SSSR count). The molecule has 12 heavy (non-hydrogen) atoms. The van der Waals surface area contributed by atoms with Gasteiger partial charge in [0.1, 0.15) is 0 Å². The van der Waals surface area contributed by atoms with E-state index < -0.39 is 0 Å². The van der Waals surface area contributed by atoms with E-state index in [1.54, 1.807) is 0 Å². The first-order chi connectivity index (χ1) is 5.84. The van der Waals surface area contributed by atoms with E-state index in [-0.39, 0.29) is 0 Å². The van der Waals surface area contributed by atoms with Crippen molar-refractivity contribution in [3.8, 4) is 0 Å². The van der Waals surface area contributed by atoms with Crippen LogP contribution in [-0.4, -0.2) is 11.7 Å². The van der Waals surface area contributed by atoms with Gasteiger partial charge in [-0.1, -0.05) is 37.3 Å². The fourth-order valence-corrected chi connectivity index (χ4v) is 1.14. The quantitative estimate of drug-likeness (QED) is 0.511. The van der Waals surface area contributed by atoms with Crippen molar-refractivity contribution in [3.05, 3.63) is 35.9 Å². The molecule has 0 saturated heterocycles. The molecule has 1 unspecified atom stereocenters. The van der Waals surface area contributed by atoms with Crippen molar-refractivity contribution in [2.75, 3.05) is 6.54 Å². The summed E-state index contributed by atoms with van der Waals surface area (Å²) in [6.07, 6.45) is 0. The average Bonchev–Trinajstić information content (AvgIpc) is 2.15. The van der Waals surface area contributed by atoms with Crippen molar-refractivity contribution >= 4 is 17.4 Å². The van der Waals surface area contributed by atoms with E-state index in [0.29, 0.717) is 5.92 Å². The Morgan fingerprint density at radius 2 is 2.08 bits per heavy atom. The Hall–Kier alpha value is -0.980. The van der Waals surface area contributed by atoms with Crippen molar-refractivity contribution in [2.24, 2.45) is 4.99 Å². The Balaban J connectivity index is 2.65. The van der Waals surface area contributed by atoms with Crippen LogP contribution in [0.15, 0.2) is 35.3 Å². The monoisotopic (exact) mass is 177 g/mol. The van der Waals surface area contributed by atoms with Crippen LogP contribution < -0.4 is 0 Å². The highest BCUT2D eigenvalue weighted by molar-refractivity contribution is 7.78. The van der Waals surface area contributed by atoms with Crippen molar-refractivity contribution < 1.29 is 0 Å². The smallest absolute Gasteiger partial charge is 0.0585 e. The lowest BCUT2D eigenvalue weighted by Gasteiger charge is -2.06. The lowest BCUT2D eigenvalue weighted by Crippen LogP contribution is -1.96. The molecule has 0 amide bonds. The maximum absolute atomic E-state index is 4.50. The summed E-state index contributed by atoms with van der Waals surface area (Å²) in [5, 5.41) is 2.38. The van der Waals surface area contributed by atoms with Crippen molar-refractivity contribution in [2.45, 2.75) is 12.8 Å². The fourth-order valence-electron chi connectivity index (χ4n) is 1.06. The van der Waals surface area contributed by atoms with Gasteiger partial charge in [0.2, 0.25) is 0 Å². The lowest BCUT2D eigenvalue weighted by molar-refractivity contribution is 0.779. The zero-order chi connectivity index (χ0) is 8.81. The van der Waals surface area contributed by atoms with Gasteiger partial charge < -0.3 is 0 Å². The molecule has 1 nitrogen and oxygen atoms in total. The summed E-state index contributed by atoms with van der Waals surface area (Å²) >= 11 is 4.50. The van der Waals surface area contributed by atoms with Crippen LogP contribution in [0.4, 0.5) is 0 Å². The number of aliphatic imine (C=N–C) groups is 1. The van der Waals surface area contributed by atoms with Crippen LogP contribution in [0.1, 0.15) is 18.4 Å². The second kappa shape index (κ2) is 4.81. The Kier molecular flexibility index (Phi) is 3.65. The number of rotatable bonds is 3. The van der Waals surface area contributed by atoms with E-state index in [1.165, 1.54) is 5.56 Å². The molecule has 1 atom stereocenters. The second-order valence-electron chi connectivity index (χ2n) is 2.74. The van der Waals surface area contributed by atoms with Gasteiger partial charge in [-0.15, -0.1) is 0 Å². The average molecular weight is 177 g/mol. The highest BCUT2D eigenvalue weighted by atomic mass is 32.1. The largest absolute Gasteiger partial charge is 0.232 e. The van der Waals surface area contributed by atoms with E-state index in [9.17, 15) is 0 Å². The predicted molar refractivity (Wildman–Crippen MR) is 54.8 cm³/mol. The number of thiocarbonyl (C=S) groups is 1. The van der Waals surface area contributed by atoms with E-state index in [1.807, 2.05) is 18.2 Å². The molecule has 0 aliphatic heterocycles. The van der Waals surface area contributed by atoms with Crippen LogP contribution in [0.5, 0.6) is 0 Å². The Labute approximate surface area is 78.1 Å². The molecular weight excluding hydrogens is 166 g/mol.